The Balaban J connectivity index is 1.80. The van der Waals surface area contributed by atoms with E-state index in [2.05, 4.69) is 10.3 Å². The average molecular weight is 380 g/mol. The summed E-state index contributed by atoms with van der Waals surface area (Å²) in [4.78, 5) is 16.5. The molecule has 0 saturated heterocycles. The number of halogens is 2. The molecule has 0 atom stereocenters. The minimum atomic E-state index is -0.322. The molecule has 1 amide bonds. The molecule has 2 aromatic heterocycles. The van der Waals surface area contributed by atoms with Gasteiger partial charge in [-0.2, -0.15) is 5.26 Å². The van der Waals surface area contributed by atoms with Gasteiger partial charge in [0.15, 0.2) is 5.13 Å². The third kappa shape index (κ3) is 3.54. The smallest absolute Gasteiger partial charge is 0.257 e. The molecule has 0 fully saturated rings. The van der Waals surface area contributed by atoms with Crippen molar-refractivity contribution in [2.45, 2.75) is 0 Å². The Morgan fingerprint density at radius 1 is 1.30 bits per heavy atom. The van der Waals surface area contributed by atoms with Gasteiger partial charge in [0.05, 0.1) is 21.7 Å². The van der Waals surface area contributed by atoms with Crippen molar-refractivity contribution in [2.24, 2.45) is 0 Å². The molecule has 0 spiro atoms. The third-order valence-corrected chi connectivity index (χ3v) is 5.16. The van der Waals surface area contributed by atoms with Gasteiger partial charge in [-0.15, -0.1) is 22.7 Å². The highest BCUT2D eigenvalue weighted by atomic mass is 35.5. The maximum absolute atomic E-state index is 12.2. The molecule has 0 radical (unpaired) electrons. The summed E-state index contributed by atoms with van der Waals surface area (Å²) in [5, 5.41) is 13.8. The predicted molar refractivity (Wildman–Crippen MR) is 94.6 cm³/mol. The zero-order chi connectivity index (χ0) is 16.4. The van der Waals surface area contributed by atoms with Crippen LogP contribution in [0.3, 0.4) is 0 Å². The zero-order valence-electron chi connectivity index (χ0n) is 11.3. The SMILES string of the molecule is N#Cc1cccc(C(=O)Nc2nc(-c3cc(Cl)sc3Cl)cs2)c1. The van der Waals surface area contributed by atoms with Crippen LogP contribution < -0.4 is 5.32 Å². The van der Waals surface area contributed by atoms with Gasteiger partial charge in [-0.25, -0.2) is 4.98 Å². The molecule has 0 aliphatic heterocycles. The molecule has 0 unspecified atom stereocenters. The Morgan fingerprint density at radius 3 is 2.83 bits per heavy atom. The van der Waals surface area contributed by atoms with Crippen molar-refractivity contribution in [2.75, 3.05) is 5.32 Å². The fourth-order valence-electron chi connectivity index (χ4n) is 1.87. The largest absolute Gasteiger partial charge is 0.298 e. The highest BCUT2D eigenvalue weighted by Crippen LogP contribution is 2.39. The summed E-state index contributed by atoms with van der Waals surface area (Å²) in [6.07, 6.45) is 0. The van der Waals surface area contributed by atoms with Crippen molar-refractivity contribution in [3.8, 4) is 17.3 Å². The molecule has 1 N–H and O–H groups in total. The number of nitriles is 1. The van der Waals surface area contributed by atoms with E-state index in [-0.39, 0.29) is 5.91 Å². The van der Waals surface area contributed by atoms with E-state index in [9.17, 15) is 4.79 Å². The van der Waals surface area contributed by atoms with Crippen molar-refractivity contribution < 1.29 is 4.79 Å². The maximum atomic E-state index is 12.2. The summed E-state index contributed by atoms with van der Waals surface area (Å²) in [5.41, 5.74) is 2.23. The second-order valence-electron chi connectivity index (χ2n) is 4.42. The van der Waals surface area contributed by atoms with Crippen LogP contribution in [-0.4, -0.2) is 10.9 Å². The molecule has 3 aromatic rings. The number of anilines is 1. The van der Waals surface area contributed by atoms with E-state index in [1.54, 1.807) is 29.6 Å². The Hall–Kier alpha value is -1.91. The number of thiophene rings is 1. The van der Waals surface area contributed by atoms with E-state index in [0.717, 1.165) is 5.56 Å². The normalized spacial score (nSPS) is 10.3. The van der Waals surface area contributed by atoms with Crippen LogP contribution in [0.5, 0.6) is 0 Å². The standard InChI is InChI=1S/C15H7Cl2N3OS2/c16-12-5-10(13(17)23-12)11-7-22-15(19-11)20-14(21)9-3-1-2-8(4-9)6-18/h1-5,7H,(H,19,20,21). The first-order valence-corrected chi connectivity index (χ1v) is 8.74. The maximum Gasteiger partial charge on any atom is 0.257 e. The van der Waals surface area contributed by atoms with Crippen LogP contribution in [0, 0.1) is 11.3 Å². The lowest BCUT2D eigenvalue weighted by atomic mass is 10.1. The van der Waals surface area contributed by atoms with Crippen LogP contribution in [-0.2, 0) is 0 Å². The number of carbonyl (C=O) groups is 1. The topological polar surface area (TPSA) is 65.8 Å². The molecule has 114 valence electrons. The second kappa shape index (κ2) is 6.69. The number of nitrogens with one attached hydrogen (secondary N) is 1. The average Bonchev–Trinajstić information content (AvgIpc) is 3.13. The predicted octanol–water partition coefficient (Wildman–Crippen LogP) is 5.30. The van der Waals surface area contributed by atoms with Gasteiger partial charge in [0.2, 0.25) is 0 Å². The molecule has 2 heterocycles. The summed E-state index contributed by atoms with van der Waals surface area (Å²) in [7, 11) is 0. The lowest BCUT2D eigenvalue weighted by Gasteiger charge is -2.01. The Morgan fingerprint density at radius 2 is 2.13 bits per heavy atom. The van der Waals surface area contributed by atoms with Crippen molar-refractivity contribution in [1.82, 2.24) is 4.98 Å². The molecular formula is C15H7Cl2N3OS2. The van der Waals surface area contributed by atoms with Gasteiger partial charge in [0.25, 0.3) is 5.91 Å². The first kappa shape index (κ1) is 16.0. The third-order valence-electron chi connectivity index (χ3n) is 2.91. The van der Waals surface area contributed by atoms with Gasteiger partial charge in [-0.05, 0) is 24.3 Å². The number of rotatable bonds is 3. The first-order chi connectivity index (χ1) is 11.1. The van der Waals surface area contributed by atoms with E-state index in [1.165, 1.54) is 28.7 Å². The molecule has 23 heavy (non-hydrogen) atoms. The quantitative estimate of drug-likeness (QED) is 0.670. The van der Waals surface area contributed by atoms with E-state index < -0.39 is 0 Å². The van der Waals surface area contributed by atoms with Crippen LogP contribution in [0.4, 0.5) is 5.13 Å². The lowest BCUT2D eigenvalue weighted by molar-refractivity contribution is 0.102. The van der Waals surface area contributed by atoms with Crippen molar-refractivity contribution in [3.63, 3.8) is 0 Å². The number of carbonyl (C=O) groups excluding carboxylic acids is 1. The summed E-state index contributed by atoms with van der Waals surface area (Å²) in [5.74, 6) is -0.322. The van der Waals surface area contributed by atoms with E-state index in [1.807, 2.05) is 6.07 Å². The molecule has 0 bridgehead atoms. The Bertz CT molecular complexity index is 927. The molecule has 0 aliphatic rings. The molecule has 4 nitrogen and oxygen atoms in total. The van der Waals surface area contributed by atoms with Gasteiger partial charge in [0.1, 0.15) is 4.34 Å². The summed E-state index contributed by atoms with van der Waals surface area (Å²) in [6, 6.07) is 10.2. The van der Waals surface area contributed by atoms with Crippen LogP contribution in [0.1, 0.15) is 15.9 Å². The molecule has 0 saturated carbocycles. The number of nitrogens with zero attached hydrogens (tertiary/aromatic N) is 2. The number of benzene rings is 1. The zero-order valence-corrected chi connectivity index (χ0v) is 14.5. The first-order valence-electron chi connectivity index (χ1n) is 6.29. The number of hydrogen-bond acceptors (Lipinski definition) is 5. The number of aromatic nitrogens is 1. The molecule has 1 aromatic carbocycles. The molecular weight excluding hydrogens is 373 g/mol. The van der Waals surface area contributed by atoms with Crippen molar-refractivity contribution in [3.05, 3.63) is 55.5 Å². The minimum absolute atomic E-state index is 0.322. The summed E-state index contributed by atoms with van der Waals surface area (Å²) < 4.78 is 1.14. The van der Waals surface area contributed by atoms with E-state index >= 15 is 0 Å². The Labute approximate surface area is 149 Å². The van der Waals surface area contributed by atoms with Crippen LogP contribution in [0.2, 0.25) is 8.67 Å². The van der Waals surface area contributed by atoms with Gasteiger partial charge in [0, 0.05) is 16.5 Å². The van der Waals surface area contributed by atoms with E-state index in [0.29, 0.717) is 30.6 Å². The van der Waals surface area contributed by atoms with Crippen molar-refractivity contribution in [1.29, 1.82) is 5.26 Å². The highest BCUT2D eigenvalue weighted by molar-refractivity contribution is 7.20. The van der Waals surface area contributed by atoms with E-state index in [4.69, 9.17) is 28.5 Å². The monoisotopic (exact) mass is 379 g/mol. The second-order valence-corrected chi connectivity index (χ2v) is 7.57. The van der Waals surface area contributed by atoms with Crippen LogP contribution in [0.15, 0.2) is 35.7 Å². The lowest BCUT2D eigenvalue weighted by Crippen LogP contribution is -2.11. The number of amides is 1. The van der Waals surface area contributed by atoms with Gasteiger partial charge in [-0.1, -0.05) is 29.3 Å². The highest BCUT2D eigenvalue weighted by Gasteiger charge is 2.14. The molecule has 3 rings (SSSR count). The van der Waals surface area contributed by atoms with Gasteiger partial charge in [-0.3, -0.25) is 10.1 Å². The number of thiazole rings is 1. The summed E-state index contributed by atoms with van der Waals surface area (Å²) >= 11 is 14.6. The van der Waals surface area contributed by atoms with Crippen LogP contribution in [0.25, 0.3) is 11.3 Å². The molecule has 8 heteroatoms. The summed E-state index contributed by atoms with van der Waals surface area (Å²) in [6.45, 7) is 0. The van der Waals surface area contributed by atoms with Gasteiger partial charge >= 0.3 is 0 Å². The fourth-order valence-corrected chi connectivity index (χ4v) is 4.06. The number of hydrogen-bond donors (Lipinski definition) is 1. The minimum Gasteiger partial charge on any atom is -0.298 e. The van der Waals surface area contributed by atoms with Crippen LogP contribution >= 0.6 is 45.9 Å². The Kier molecular flexibility index (Phi) is 4.64. The molecule has 0 aliphatic carbocycles. The van der Waals surface area contributed by atoms with Crippen molar-refractivity contribution >= 4 is 56.9 Å². The fraction of sp³-hybridized carbons (Fsp3) is 0. The van der Waals surface area contributed by atoms with Gasteiger partial charge < -0.3 is 0 Å².